The molecular formula is C14H8BrClN2OS. The van der Waals surface area contributed by atoms with Crippen molar-refractivity contribution in [2.75, 3.05) is 5.32 Å². The fourth-order valence-electron chi connectivity index (χ4n) is 1.81. The molecule has 3 rings (SSSR count). The van der Waals surface area contributed by atoms with E-state index in [1.807, 2.05) is 18.2 Å². The van der Waals surface area contributed by atoms with Crippen LogP contribution in [-0.4, -0.2) is 10.9 Å². The Morgan fingerprint density at radius 2 is 2.15 bits per heavy atom. The van der Waals surface area contributed by atoms with Gasteiger partial charge in [-0.1, -0.05) is 17.7 Å². The summed E-state index contributed by atoms with van der Waals surface area (Å²) in [5, 5.41) is 3.25. The summed E-state index contributed by atoms with van der Waals surface area (Å²) in [5.74, 6) is -0.236. The molecule has 0 saturated carbocycles. The second-order valence-corrected chi connectivity index (χ2v) is 6.21. The normalized spacial score (nSPS) is 10.7. The number of hydrogen-bond donors (Lipinski definition) is 1. The molecule has 0 fully saturated rings. The molecule has 0 bridgehead atoms. The highest BCUT2D eigenvalue weighted by Gasteiger charge is 2.12. The molecule has 0 aliphatic carbocycles. The first kappa shape index (κ1) is 13.5. The predicted molar refractivity (Wildman–Crippen MR) is 86.7 cm³/mol. The van der Waals surface area contributed by atoms with Crippen LogP contribution in [0.25, 0.3) is 10.2 Å². The van der Waals surface area contributed by atoms with Crippen molar-refractivity contribution in [1.29, 1.82) is 0 Å². The summed E-state index contributed by atoms with van der Waals surface area (Å²) in [6, 6.07) is 10.9. The molecule has 0 radical (unpaired) electrons. The van der Waals surface area contributed by atoms with Gasteiger partial charge in [-0.25, -0.2) is 4.98 Å². The minimum absolute atomic E-state index is 0.236. The van der Waals surface area contributed by atoms with Crippen molar-refractivity contribution in [3.8, 4) is 0 Å². The van der Waals surface area contributed by atoms with E-state index in [2.05, 4.69) is 26.2 Å². The van der Waals surface area contributed by atoms with Crippen molar-refractivity contribution in [2.24, 2.45) is 0 Å². The van der Waals surface area contributed by atoms with Crippen molar-refractivity contribution in [3.05, 3.63) is 57.0 Å². The molecule has 3 aromatic rings. The first-order valence-electron chi connectivity index (χ1n) is 5.74. The third-order valence-electron chi connectivity index (χ3n) is 2.79. The van der Waals surface area contributed by atoms with E-state index in [1.54, 1.807) is 23.7 Å². The van der Waals surface area contributed by atoms with Crippen LogP contribution in [0.3, 0.4) is 0 Å². The minimum atomic E-state index is -0.236. The van der Waals surface area contributed by atoms with E-state index in [4.69, 9.17) is 11.6 Å². The molecular weight excluding hydrogens is 360 g/mol. The Morgan fingerprint density at radius 1 is 1.30 bits per heavy atom. The highest BCUT2D eigenvalue weighted by Crippen LogP contribution is 2.27. The van der Waals surface area contributed by atoms with Crippen LogP contribution in [0, 0.1) is 0 Å². The SMILES string of the molecule is O=C(Nc1ccc2ncsc2c1)c1cccc(Br)c1Cl. The highest BCUT2D eigenvalue weighted by molar-refractivity contribution is 9.10. The fourth-order valence-corrected chi connectivity index (χ4v) is 3.10. The summed E-state index contributed by atoms with van der Waals surface area (Å²) in [7, 11) is 0. The smallest absolute Gasteiger partial charge is 0.257 e. The van der Waals surface area contributed by atoms with Gasteiger partial charge < -0.3 is 5.32 Å². The molecule has 3 nitrogen and oxygen atoms in total. The van der Waals surface area contributed by atoms with Gasteiger partial charge in [0, 0.05) is 10.2 Å². The number of halogens is 2. The Labute approximate surface area is 132 Å². The number of anilines is 1. The van der Waals surface area contributed by atoms with Gasteiger partial charge in [-0.3, -0.25) is 4.79 Å². The lowest BCUT2D eigenvalue weighted by Gasteiger charge is -2.07. The Morgan fingerprint density at radius 3 is 3.00 bits per heavy atom. The van der Waals surface area contributed by atoms with Crippen molar-refractivity contribution >= 4 is 60.7 Å². The average molecular weight is 368 g/mol. The zero-order chi connectivity index (χ0) is 14.1. The molecule has 0 unspecified atom stereocenters. The number of thiazole rings is 1. The molecule has 1 amide bonds. The monoisotopic (exact) mass is 366 g/mol. The number of benzene rings is 2. The number of carbonyl (C=O) groups excluding carboxylic acids is 1. The Balaban J connectivity index is 1.90. The van der Waals surface area contributed by atoms with Gasteiger partial charge in [0.2, 0.25) is 0 Å². The Hall–Kier alpha value is -1.43. The Bertz CT molecular complexity index is 803. The quantitative estimate of drug-likeness (QED) is 0.695. The summed E-state index contributed by atoms with van der Waals surface area (Å²) in [6.45, 7) is 0. The van der Waals surface area contributed by atoms with Gasteiger partial charge in [0.25, 0.3) is 5.91 Å². The molecule has 1 N–H and O–H groups in total. The summed E-state index contributed by atoms with van der Waals surface area (Å²) < 4.78 is 1.73. The standard InChI is InChI=1S/C14H8BrClN2OS/c15-10-3-1-2-9(13(10)16)14(19)18-8-4-5-11-12(6-8)20-7-17-11/h1-7H,(H,18,19). The van der Waals surface area contributed by atoms with Crippen LogP contribution in [0.4, 0.5) is 5.69 Å². The van der Waals surface area contributed by atoms with Gasteiger partial charge in [-0.2, -0.15) is 0 Å². The van der Waals surface area contributed by atoms with E-state index in [9.17, 15) is 4.79 Å². The van der Waals surface area contributed by atoms with Crippen LogP contribution in [0.1, 0.15) is 10.4 Å². The molecule has 0 saturated heterocycles. The summed E-state index contributed by atoms with van der Waals surface area (Å²) in [5.41, 5.74) is 3.86. The van der Waals surface area contributed by atoms with Gasteiger partial charge in [-0.05, 0) is 46.3 Å². The van der Waals surface area contributed by atoms with E-state index < -0.39 is 0 Å². The van der Waals surface area contributed by atoms with Crippen molar-refractivity contribution in [2.45, 2.75) is 0 Å². The molecule has 1 heterocycles. The topological polar surface area (TPSA) is 42.0 Å². The zero-order valence-electron chi connectivity index (χ0n) is 10.1. The van der Waals surface area contributed by atoms with E-state index in [1.165, 1.54) is 11.3 Å². The maximum absolute atomic E-state index is 12.2. The third-order valence-corrected chi connectivity index (χ3v) is 4.87. The van der Waals surface area contributed by atoms with E-state index in [0.29, 0.717) is 15.1 Å². The van der Waals surface area contributed by atoms with Gasteiger partial charge in [0.05, 0.1) is 26.3 Å². The maximum atomic E-state index is 12.2. The molecule has 20 heavy (non-hydrogen) atoms. The van der Waals surface area contributed by atoms with Gasteiger partial charge in [0.15, 0.2) is 0 Å². The van der Waals surface area contributed by atoms with Crippen LogP contribution < -0.4 is 5.32 Å². The number of hydrogen-bond acceptors (Lipinski definition) is 3. The first-order chi connectivity index (χ1) is 9.65. The van der Waals surface area contributed by atoms with Crippen LogP contribution in [0.5, 0.6) is 0 Å². The van der Waals surface area contributed by atoms with E-state index in [0.717, 1.165) is 15.9 Å². The molecule has 0 aliphatic heterocycles. The summed E-state index contributed by atoms with van der Waals surface area (Å²) >= 11 is 11.0. The third kappa shape index (κ3) is 2.57. The lowest BCUT2D eigenvalue weighted by Crippen LogP contribution is -2.12. The molecule has 0 aliphatic rings. The summed E-state index contributed by atoms with van der Waals surface area (Å²) in [6.07, 6.45) is 0. The minimum Gasteiger partial charge on any atom is -0.322 e. The molecule has 6 heteroatoms. The Kier molecular flexibility index (Phi) is 3.74. The zero-order valence-corrected chi connectivity index (χ0v) is 13.2. The van der Waals surface area contributed by atoms with E-state index in [-0.39, 0.29) is 5.91 Å². The summed E-state index contributed by atoms with van der Waals surface area (Å²) in [4.78, 5) is 16.4. The number of nitrogens with zero attached hydrogens (tertiary/aromatic N) is 1. The largest absolute Gasteiger partial charge is 0.322 e. The molecule has 1 aromatic heterocycles. The van der Waals surface area contributed by atoms with Crippen LogP contribution in [0.2, 0.25) is 5.02 Å². The number of rotatable bonds is 2. The number of fused-ring (bicyclic) bond motifs is 1. The second kappa shape index (κ2) is 5.52. The molecule has 100 valence electrons. The van der Waals surface area contributed by atoms with Gasteiger partial charge >= 0.3 is 0 Å². The highest BCUT2D eigenvalue weighted by atomic mass is 79.9. The van der Waals surface area contributed by atoms with Crippen molar-refractivity contribution in [3.63, 3.8) is 0 Å². The van der Waals surface area contributed by atoms with Crippen molar-refractivity contribution < 1.29 is 4.79 Å². The van der Waals surface area contributed by atoms with Gasteiger partial charge in [0.1, 0.15) is 0 Å². The van der Waals surface area contributed by atoms with Gasteiger partial charge in [-0.15, -0.1) is 11.3 Å². The lowest BCUT2D eigenvalue weighted by molar-refractivity contribution is 0.102. The number of nitrogens with one attached hydrogen (secondary N) is 1. The van der Waals surface area contributed by atoms with Crippen LogP contribution in [-0.2, 0) is 0 Å². The maximum Gasteiger partial charge on any atom is 0.257 e. The van der Waals surface area contributed by atoms with E-state index >= 15 is 0 Å². The van der Waals surface area contributed by atoms with Crippen LogP contribution >= 0.6 is 38.9 Å². The number of carbonyl (C=O) groups is 1. The van der Waals surface area contributed by atoms with Crippen LogP contribution in [0.15, 0.2) is 46.4 Å². The lowest BCUT2D eigenvalue weighted by atomic mass is 10.2. The molecule has 0 atom stereocenters. The number of aromatic nitrogens is 1. The number of amides is 1. The molecule has 0 spiro atoms. The van der Waals surface area contributed by atoms with Crippen molar-refractivity contribution in [1.82, 2.24) is 4.98 Å². The fraction of sp³-hybridized carbons (Fsp3) is 0. The first-order valence-corrected chi connectivity index (χ1v) is 7.79. The average Bonchev–Trinajstić information content (AvgIpc) is 2.89. The molecule has 2 aromatic carbocycles. The second-order valence-electron chi connectivity index (χ2n) is 4.09. The predicted octanol–water partition coefficient (Wildman–Crippen LogP) is 4.96.